The predicted molar refractivity (Wildman–Crippen MR) is 189 cm³/mol. The molecule has 0 radical (unpaired) electrons. The maximum Gasteiger partial charge on any atom is 0.414 e. The largest absolute Gasteiger partial charge is 0.497 e. The minimum Gasteiger partial charge on any atom is -0.497 e. The summed E-state index contributed by atoms with van der Waals surface area (Å²) in [6.07, 6.45) is 2.68. The van der Waals surface area contributed by atoms with Crippen LogP contribution in [0.25, 0.3) is 11.2 Å². The van der Waals surface area contributed by atoms with Gasteiger partial charge in [0.05, 0.1) is 13.7 Å². The van der Waals surface area contributed by atoms with Crippen molar-refractivity contribution in [3.05, 3.63) is 71.6 Å². The lowest BCUT2D eigenvalue weighted by molar-refractivity contribution is -0.664. The lowest BCUT2D eigenvalue weighted by Gasteiger charge is -2.49. The molecule has 3 aromatic heterocycles. The van der Waals surface area contributed by atoms with Crippen LogP contribution in [0.2, 0.25) is 0 Å². The molecule has 52 heavy (non-hydrogen) atoms. The van der Waals surface area contributed by atoms with Crippen molar-refractivity contribution in [2.45, 2.75) is 57.9 Å². The SMILES string of the molecule is CCO/N=C(\C(=O)NC1C(=O)N2C(C(=O)OCc3ccc(OC)cc3)=C(C[n+]3c[nH]c4cccnc43)CSC12)c1nsc(NC(=O)OC(C)(C)C)n1. The summed E-state index contributed by atoms with van der Waals surface area (Å²) in [5.41, 5.74) is 1.92. The Bertz CT molecular complexity index is 2060. The van der Waals surface area contributed by atoms with Gasteiger partial charge >= 0.3 is 17.7 Å². The molecule has 272 valence electrons. The Hall–Kier alpha value is -5.56. The van der Waals surface area contributed by atoms with Crippen LogP contribution in [0.3, 0.4) is 0 Å². The van der Waals surface area contributed by atoms with Crippen LogP contribution >= 0.6 is 23.3 Å². The third kappa shape index (κ3) is 7.99. The second-order valence-electron chi connectivity index (χ2n) is 12.4. The number of nitrogens with one attached hydrogen (secondary N) is 3. The van der Waals surface area contributed by atoms with Crippen molar-refractivity contribution in [2.75, 3.05) is 24.8 Å². The quantitative estimate of drug-likeness (QED) is 0.0629. The van der Waals surface area contributed by atoms with Crippen LogP contribution in [0.4, 0.5) is 9.93 Å². The van der Waals surface area contributed by atoms with Gasteiger partial charge in [-0.25, -0.2) is 14.2 Å². The van der Waals surface area contributed by atoms with Gasteiger partial charge in [0.1, 0.15) is 47.9 Å². The number of aromatic amines is 1. The fourth-order valence-corrected chi connectivity index (χ4v) is 7.18. The number of thioether (sulfide) groups is 1. The Morgan fingerprint density at radius 2 is 1.96 bits per heavy atom. The lowest BCUT2D eigenvalue weighted by Crippen LogP contribution is -2.71. The van der Waals surface area contributed by atoms with E-state index in [1.165, 1.54) is 16.7 Å². The molecule has 1 saturated heterocycles. The average molecular weight is 751 g/mol. The summed E-state index contributed by atoms with van der Waals surface area (Å²) in [5.74, 6) is -1.10. The number of methoxy groups -OCH3 is 1. The molecule has 2 aliphatic rings. The summed E-state index contributed by atoms with van der Waals surface area (Å²) < 4.78 is 22.2. The van der Waals surface area contributed by atoms with E-state index in [1.54, 1.807) is 71.6 Å². The van der Waals surface area contributed by atoms with Gasteiger partial charge in [0.2, 0.25) is 16.7 Å². The van der Waals surface area contributed by atoms with Gasteiger partial charge in [-0.3, -0.25) is 24.8 Å². The molecule has 0 aliphatic carbocycles. The molecule has 6 rings (SSSR count). The van der Waals surface area contributed by atoms with Crippen molar-refractivity contribution < 1.29 is 42.8 Å². The predicted octanol–water partition coefficient (Wildman–Crippen LogP) is 2.90. The second kappa shape index (κ2) is 15.4. The highest BCUT2D eigenvalue weighted by atomic mass is 32.2. The fourth-order valence-electron chi connectivity index (χ4n) is 5.29. The summed E-state index contributed by atoms with van der Waals surface area (Å²) in [6, 6.07) is 9.77. The lowest BCUT2D eigenvalue weighted by atomic mass is 10.0. The number of carbonyl (C=O) groups excluding carboxylic acids is 4. The van der Waals surface area contributed by atoms with Crippen LogP contribution in [0.5, 0.6) is 5.75 Å². The number of rotatable bonds is 12. The molecular weight excluding hydrogens is 715 g/mol. The first kappa shape index (κ1) is 36.2. The van der Waals surface area contributed by atoms with Crippen molar-refractivity contribution >= 4 is 69.2 Å². The van der Waals surface area contributed by atoms with Gasteiger partial charge in [0.25, 0.3) is 11.8 Å². The van der Waals surface area contributed by atoms with Gasteiger partial charge in [0, 0.05) is 22.9 Å². The molecule has 1 fully saturated rings. The van der Waals surface area contributed by atoms with E-state index in [4.69, 9.17) is 19.0 Å². The van der Waals surface area contributed by atoms with Crippen LogP contribution < -0.4 is 19.9 Å². The zero-order valence-corrected chi connectivity index (χ0v) is 30.5. The highest BCUT2D eigenvalue weighted by Crippen LogP contribution is 2.41. The number of hydrogen-bond acceptors (Lipinski definition) is 14. The third-order valence-electron chi connectivity index (χ3n) is 7.60. The molecule has 1 aromatic carbocycles. The van der Waals surface area contributed by atoms with Crippen molar-refractivity contribution in [2.24, 2.45) is 5.16 Å². The number of fused-ring (bicyclic) bond motifs is 2. The second-order valence-corrected chi connectivity index (χ2v) is 14.3. The molecule has 17 nitrogen and oxygen atoms in total. The number of β-lactam (4-membered cyclic amide) rings is 1. The number of hydrogen-bond donors (Lipinski definition) is 3. The molecule has 0 bridgehead atoms. The number of ether oxygens (including phenoxy) is 3. The number of H-pyrrole nitrogens is 1. The van der Waals surface area contributed by atoms with E-state index >= 15 is 0 Å². The fraction of sp³-hybridized carbons (Fsp3) is 0.364. The highest BCUT2D eigenvalue weighted by molar-refractivity contribution is 8.00. The summed E-state index contributed by atoms with van der Waals surface area (Å²) in [4.78, 5) is 71.8. The number of aromatic nitrogens is 5. The first-order chi connectivity index (χ1) is 25.0. The molecule has 3 amide bonds. The molecule has 4 aromatic rings. The Morgan fingerprint density at radius 3 is 2.69 bits per heavy atom. The highest BCUT2D eigenvalue weighted by Gasteiger charge is 2.55. The summed E-state index contributed by atoms with van der Waals surface area (Å²) in [6.45, 7) is 7.18. The zero-order valence-electron chi connectivity index (χ0n) is 28.9. The Labute approximate surface area is 305 Å². The number of imidazole rings is 1. The van der Waals surface area contributed by atoms with E-state index in [2.05, 4.69) is 35.1 Å². The first-order valence-corrected chi connectivity index (χ1v) is 17.9. The standard InChI is InChI=1S/C33H35N9O8S2/c1-6-49-39-22(25-37-31(52-40-25)38-32(46)50-33(2,3)4)27(43)36-23-28(44)42-24(30(45)48-15-18-9-11-20(47-5)12-10-18)19(16-51-29(23)42)14-41-17-35-21-8-7-13-34-26(21)41/h7-13,17,23,29H,6,14-16H2,1-5H3,(H2,36,37,38,40,43,46)/p+1/b39-22-. The van der Waals surface area contributed by atoms with E-state index in [1.807, 2.05) is 16.7 Å². The monoisotopic (exact) mass is 750 g/mol. The van der Waals surface area contributed by atoms with Crippen molar-refractivity contribution in [1.82, 2.24) is 29.5 Å². The summed E-state index contributed by atoms with van der Waals surface area (Å²) >= 11 is 2.20. The van der Waals surface area contributed by atoms with Crippen molar-refractivity contribution in [3.63, 3.8) is 0 Å². The Balaban J connectivity index is 1.21. The molecular formula is C33H36N9O8S2+. The van der Waals surface area contributed by atoms with E-state index < -0.39 is 40.9 Å². The Kier molecular flexibility index (Phi) is 10.7. The zero-order chi connectivity index (χ0) is 37.0. The first-order valence-electron chi connectivity index (χ1n) is 16.1. The average Bonchev–Trinajstić information content (AvgIpc) is 3.75. The summed E-state index contributed by atoms with van der Waals surface area (Å²) in [5, 5.41) is 8.52. The Morgan fingerprint density at radius 1 is 1.17 bits per heavy atom. The number of nitrogens with zero attached hydrogens (tertiary/aromatic N) is 6. The number of esters is 1. The molecule has 5 heterocycles. The normalized spacial score (nSPS) is 17.3. The maximum absolute atomic E-state index is 13.8. The topological polar surface area (TPSA) is 203 Å². The number of amides is 3. The van der Waals surface area contributed by atoms with Crippen LogP contribution in [-0.4, -0.2) is 90.3 Å². The van der Waals surface area contributed by atoms with Crippen molar-refractivity contribution in [3.8, 4) is 5.75 Å². The minimum atomic E-state index is -1.02. The summed E-state index contributed by atoms with van der Waals surface area (Å²) in [7, 11) is 1.56. The van der Waals surface area contributed by atoms with Gasteiger partial charge in [-0.15, -0.1) is 16.7 Å². The smallest absolute Gasteiger partial charge is 0.414 e. The number of oxime groups is 1. The molecule has 2 atom stereocenters. The third-order valence-corrected chi connectivity index (χ3v) is 9.57. The van der Waals surface area contributed by atoms with Crippen LogP contribution in [0.1, 0.15) is 39.1 Å². The van der Waals surface area contributed by atoms with Gasteiger partial charge in [-0.2, -0.15) is 9.36 Å². The van der Waals surface area contributed by atoms with E-state index in [9.17, 15) is 19.2 Å². The molecule has 19 heteroatoms. The van der Waals surface area contributed by atoms with Crippen LogP contribution in [-0.2, 0) is 41.8 Å². The van der Waals surface area contributed by atoms with Gasteiger partial charge in [0.15, 0.2) is 11.8 Å². The van der Waals surface area contributed by atoms with Crippen LogP contribution in [0, 0.1) is 0 Å². The molecule has 2 aliphatic heterocycles. The number of carbonyl (C=O) groups is 4. The molecule has 0 saturated carbocycles. The van der Waals surface area contributed by atoms with Gasteiger partial charge in [-0.05, 0) is 57.5 Å². The molecule has 2 unspecified atom stereocenters. The van der Waals surface area contributed by atoms with Crippen molar-refractivity contribution in [1.29, 1.82) is 0 Å². The van der Waals surface area contributed by atoms with E-state index in [0.717, 1.165) is 22.6 Å². The maximum atomic E-state index is 13.8. The number of anilines is 1. The van der Waals surface area contributed by atoms with Crippen LogP contribution in [0.15, 0.2) is 65.3 Å². The van der Waals surface area contributed by atoms with E-state index in [0.29, 0.717) is 22.7 Å². The minimum absolute atomic E-state index is 0.0376. The van der Waals surface area contributed by atoms with Gasteiger partial charge in [-0.1, -0.05) is 17.3 Å². The number of benzene rings is 1. The molecule has 0 spiro atoms. The number of pyridine rings is 1. The molecule has 3 N–H and O–H groups in total. The van der Waals surface area contributed by atoms with Gasteiger partial charge < -0.3 is 24.4 Å². The van der Waals surface area contributed by atoms with E-state index in [-0.39, 0.29) is 42.1 Å².